The number of ether oxygens (including phenoxy) is 2. The van der Waals surface area contributed by atoms with Crippen LogP contribution in [0.4, 0.5) is 0 Å². The maximum atomic E-state index is 12.7. The van der Waals surface area contributed by atoms with Crippen molar-refractivity contribution in [3.8, 4) is 28.3 Å². The van der Waals surface area contributed by atoms with Gasteiger partial charge in [-0.2, -0.15) is 10.1 Å². The Morgan fingerprint density at radius 3 is 2.29 bits per heavy atom. The molecule has 0 N–H and O–H groups in total. The van der Waals surface area contributed by atoms with Crippen LogP contribution in [0.2, 0.25) is 0 Å². The van der Waals surface area contributed by atoms with Gasteiger partial charge in [0.1, 0.15) is 11.3 Å². The van der Waals surface area contributed by atoms with Crippen molar-refractivity contribution in [2.24, 2.45) is 0 Å². The van der Waals surface area contributed by atoms with Crippen molar-refractivity contribution < 1.29 is 23.6 Å². The molecule has 0 aliphatic heterocycles. The summed E-state index contributed by atoms with van der Waals surface area (Å²) in [5, 5.41) is 8.51. The van der Waals surface area contributed by atoms with Crippen LogP contribution in [-0.2, 0) is 9.47 Å². The third-order valence-electron chi connectivity index (χ3n) is 4.58. The van der Waals surface area contributed by atoms with Crippen molar-refractivity contribution in [3.05, 3.63) is 71.7 Å². The first-order valence-electron chi connectivity index (χ1n) is 9.29. The minimum atomic E-state index is -0.715. The Morgan fingerprint density at radius 2 is 1.65 bits per heavy atom. The van der Waals surface area contributed by atoms with Crippen molar-refractivity contribution in [2.45, 2.75) is 6.92 Å². The molecule has 0 unspecified atom stereocenters. The van der Waals surface area contributed by atoms with Crippen LogP contribution < -0.4 is 0 Å². The molecule has 0 aliphatic rings. The number of carbonyl (C=O) groups is 2. The highest BCUT2D eigenvalue weighted by Gasteiger charge is 2.31. The normalized spacial score (nSPS) is 10.7. The summed E-state index contributed by atoms with van der Waals surface area (Å²) in [7, 11) is 2.48. The van der Waals surface area contributed by atoms with E-state index in [9.17, 15) is 9.59 Å². The number of methoxy groups -OCH3 is 2. The molecule has 2 heterocycles. The molecule has 0 fully saturated rings. The van der Waals surface area contributed by atoms with Crippen molar-refractivity contribution >= 4 is 11.9 Å². The zero-order chi connectivity index (χ0) is 22.0. The van der Waals surface area contributed by atoms with Gasteiger partial charge in [0.25, 0.3) is 0 Å². The molecule has 4 rings (SSSR count). The smallest absolute Gasteiger partial charge is 0.357 e. The third kappa shape index (κ3) is 3.68. The van der Waals surface area contributed by atoms with Crippen LogP contribution >= 0.6 is 0 Å². The van der Waals surface area contributed by atoms with Crippen molar-refractivity contribution in [1.29, 1.82) is 0 Å². The van der Waals surface area contributed by atoms with Crippen molar-refractivity contribution in [1.82, 2.24) is 19.9 Å². The fraction of sp³-hybridized carbons (Fsp3) is 0.136. The lowest BCUT2D eigenvalue weighted by Gasteiger charge is -2.07. The van der Waals surface area contributed by atoms with Crippen LogP contribution in [0.25, 0.3) is 28.3 Å². The fourth-order valence-corrected chi connectivity index (χ4v) is 3.18. The zero-order valence-electron chi connectivity index (χ0n) is 17.0. The molecule has 0 amide bonds. The lowest BCUT2D eigenvalue weighted by atomic mass is 10.0. The Labute approximate surface area is 177 Å². The summed E-state index contributed by atoms with van der Waals surface area (Å²) in [6.07, 6.45) is 0. The molecule has 0 aliphatic carbocycles. The van der Waals surface area contributed by atoms with E-state index in [1.54, 1.807) is 55.5 Å². The Morgan fingerprint density at radius 1 is 0.935 bits per heavy atom. The SMILES string of the molecule is COC(=O)c1c(-c2cccc(-c3noc(C)n3)c2)nn(-c2ccccc2)c1C(=O)OC. The van der Waals surface area contributed by atoms with Crippen LogP contribution in [0.3, 0.4) is 0 Å². The second kappa shape index (κ2) is 8.23. The number of esters is 2. The standard InChI is InChI=1S/C22H18N4O5/c1-13-23-20(25-31-13)15-9-7-8-14(12-15)18-17(21(27)29-2)19(22(28)30-3)26(24-18)16-10-5-4-6-11-16/h4-12H,1-3H3. The summed E-state index contributed by atoms with van der Waals surface area (Å²) in [5.74, 6) is -0.599. The van der Waals surface area contributed by atoms with E-state index in [1.807, 2.05) is 6.07 Å². The quantitative estimate of drug-likeness (QED) is 0.453. The van der Waals surface area contributed by atoms with Crippen LogP contribution in [0.15, 0.2) is 59.1 Å². The molecule has 4 aromatic rings. The predicted octanol–water partition coefficient (Wildman–Crippen LogP) is 3.47. The number of hydrogen-bond acceptors (Lipinski definition) is 8. The second-order valence-electron chi connectivity index (χ2n) is 6.52. The van der Waals surface area contributed by atoms with E-state index >= 15 is 0 Å². The topological polar surface area (TPSA) is 109 Å². The maximum Gasteiger partial charge on any atom is 0.357 e. The third-order valence-corrected chi connectivity index (χ3v) is 4.58. The van der Waals surface area contributed by atoms with Gasteiger partial charge in [0.15, 0.2) is 5.69 Å². The van der Waals surface area contributed by atoms with Gasteiger partial charge in [0.05, 0.1) is 19.9 Å². The molecule has 0 atom stereocenters. The maximum absolute atomic E-state index is 12.7. The van der Waals surface area contributed by atoms with Gasteiger partial charge in [0, 0.05) is 18.1 Å². The molecule has 9 nitrogen and oxygen atoms in total. The minimum Gasteiger partial charge on any atom is -0.465 e. The molecule has 0 radical (unpaired) electrons. The highest BCUT2D eigenvalue weighted by atomic mass is 16.5. The average Bonchev–Trinajstić information content (AvgIpc) is 3.43. The molecule has 31 heavy (non-hydrogen) atoms. The number of carbonyl (C=O) groups excluding carboxylic acids is 2. The summed E-state index contributed by atoms with van der Waals surface area (Å²) in [6.45, 7) is 1.69. The monoisotopic (exact) mass is 418 g/mol. The molecule has 0 saturated carbocycles. The van der Waals surface area contributed by atoms with E-state index in [0.29, 0.717) is 28.5 Å². The summed E-state index contributed by atoms with van der Waals surface area (Å²) < 4.78 is 16.3. The van der Waals surface area contributed by atoms with E-state index in [2.05, 4.69) is 15.2 Å². The Balaban J connectivity index is 1.97. The number of benzene rings is 2. The molecule has 156 valence electrons. The molecule has 0 bridgehead atoms. The van der Waals surface area contributed by atoms with Gasteiger partial charge in [-0.1, -0.05) is 41.6 Å². The Hall–Kier alpha value is -4.27. The molecule has 0 spiro atoms. The highest BCUT2D eigenvalue weighted by molar-refractivity contribution is 6.07. The lowest BCUT2D eigenvalue weighted by Crippen LogP contribution is -2.15. The molecular weight excluding hydrogens is 400 g/mol. The van der Waals surface area contributed by atoms with Crippen LogP contribution in [0.1, 0.15) is 26.7 Å². The average molecular weight is 418 g/mol. The van der Waals surface area contributed by atoms with Gasteiger partial charge in [-0.15, -0.1) is 0 Å². The first-order valence-corrected chi connectivity index (χ1v) is 9.29. The van der Waals surface area contributed by atoms with E-state index in [1.165, 1.54) is 18.9 Å². The summed E-state index contributed by atoms with van der Waals surface area (Å²) in [6, 6.07) is 16.1. The second-order valence-corrected chi connectivity index (χ2v) is 6.52. The molecule has 0 saturated heterocycles. The lowest BCUT2D eigenvalue weighted by molar-refractivity contribution is 0.0549. The van der Waals surface area contributed by atoms with Gasteiger partial charge in [0.2, 0.25) is 11.7 Å². The van der Waals surface area contributed by atoms with Crippen molar-refractivity contribution in [3.63, 3.8) is 0 Å². The largest absolute Gasteiger partial charge is 0.465 e. The van der Waals surface area contributed by atoms with Gasteiger partial charge in [-0.25, -0.2) is 14.3 Å². The van der Waals surface area contributed by atoms with E-state index in [4.69, 9.17) is 14.0 Å². The summed E-state index contributed by atoms with van der Waals surface area (Å²) in [4.78, 5) is 29.6. The number of para-hydroxylation sites is 1. The van der Waals surface area contributed by atoms with Gasteiger partial charge in [-0.3, -0.25) is 0 Å². The highest BCUT2D eigenvalue weighted by Crippen LogP contribution is 2.31. The van der Waals surface area contributed by atoms with Crippen LogP contribution in [0.5, 0.6) is 0 Å². The summed E-state index contributed by atoms with van der Waals surface area (Å²) in [5.41, 5.74) is 2.05. The predicted molar refractivity (Wildman–Crippen MR) is 110 cm³/mol. The zero-order valence-corrected chi connectivity index (χ0v) is 17.0. The Kier molecular flexibility index (Phi) is 5.31. The number of aryl methyl sites for hydroxylation is 1. The first kappa shape index (κ1) is 20.0. The molecule has 2 aromatic carbocycles. The number of rotatable bonds is 5. The van der Waals surface area contributed by atoms with Crippen molar-refractivity contribution in [2.75, 3.05) is 14.2 Å². The fourth-order valence-electron chi connectivity index (χ4n) is 3.18. The van der Waals surface area contributed by atoms with E-state index in [-0.39, 0.29) is 17.0 Å². The van der Waals surface area contributed by atoms with Gasteiger partial charge >= 0.3 is 11.9 Å². The van der Waals surface area contributed by atoms with Gasteiger partial charge < -0.3 is 14.0 Å². The molecule has 2 aromatic heterocycles. The molecular formula is C22H18N4O5. The summed E-state index contributed by atoms with van der Waals surface area (Å²) >= 11 is 0. The van der Waals surface area contributed by atoms with E-state index < -0.39 is 11.9 Å². The number of nitrogens with zero attached hydrogens (tertiary/aromatic N) is 4. The molecule has 9 heteroatoms. The first-order chi connectivity index (χ1) is 15.0. The van der Waals surface area contributed by atoms with Gasteiger partial charge in [-0.05, 0) is 18.2 Å². The number of aromatic nitrogens is 4. The van der Waals surface area contributed by atoms with Crippen LogP contribution in [0, 0.1) is 6.92 Å². The number of hydrogen-bond donors (Lipinski definition) is 0. The van der Waals surface area contributed by atoms with E-state index in [0.717, 1.165) is 0 Å². The Bertz CT molecular complexity index is 1260. The minimum absolute atomic E-state index is 0.000328. The van der Waals surface area contributed by atoms with Crippen LogP contribution in [-0.4, -0.2) is 46.1 Å².